The maximum Gasteiger partial charge on any atom is 0.416 e. The Labute approximate surface area is 375 Å². The van der Waals surface area contributed by atoms with E-state index in [-0.39, 0.29) is 30.3 Å². The first-order chi connectivity index (χ1) is 29.8. The number of likely N-dealkylation sites (tertiary alicyclic amines) is 1. The molecule has 3 amide bonds. The normalized spacial score (nSPS) is 24.5. The molecule has 3 fully saturated rings. The van der Waals surface area contributed by atoms with E-state index in [0.717, 1.165) is 23.7 Å². The minimum atomic E-state index is -4.88. The van der Waals surface area contributed by atoms with Crippen LogP contribution < -0.4 is 24.8 Å². The first-order valence-corrected chi connectivity index (χ1v) is 23.7. The molecule has 2 aromatic carbocycles. The van der Waals surface area contributed by atoms with E-state index in [1.54, 1.807) is 45.7 Å². The molecule has 0 spiro atoms. The highest BCUT2D eigenvalue weighted by atomic mass is 32.2. The first kappa shape index (κ1) is 47.1. The second-order valence-electron chi connectivity index (χ2n) is 19.1. The quantitative estimate of drug-likeness (QED) is 0.106. The zero-order valence-corrected chi connectivity index (χ0v) is 38.7. The van der Waals surface area contributed by atoms with Gasteiger partial charge in [-0.1, -0.05) is 46.3 Å². The molecule has 18 heteroatoms. The lowest BCUT2D eigenvalue weighted by molar-refractivity contribution is -0.141. The van der Waals surface area contributed by atoms with E-state index in [2.05, 4.69) is 41.2 Å². The third-order valence-electron chi connectivity index (χ3n) is 12.9. The number of aromatic nitrogens is 1. The van der Waals surface area contributed by atoms with Gasteiger partial charge in [-0.05, 0) is 86.6 Å². The van der Waals surface area contributed by atoms with Crippen LogP contribution in [0, 0.1) is 30.0 Å². The van der Waals surface area contributed by atoms with Crippen molar-refractivity contribution in [3.05, 3.63) is 82.7 Å². The van der Waals surface area contributed by atoms with Crippen LogP contribution in [0.4, 0.5) is 23.2 Å². The molecule has 346 valence electrons. The van der Waals surface area contributed by atoms with Gasteiger partial charge in [-0.25, -0.2) is 12.8 Å². The van der Waals surface area contributed by atoms with Crippen molar-refractivity contribution in [2.24, 2.45) is 17.3 Å². The number of aryl methyl sites for hydroxylation is 1. The lowest BCUT2D eigenvalue weighted by Gasteiger charge is -2.36. The van der Waals surface area contributed by atoms with E-state index in [1.165, 1.54) is 23.5 Å². The van der Waals surface area contributed by atoms with Crippen molar-refractivity contribution < 1.29 is 49.8 Å². The van der Waals surface area contributed by atoms with Gasteiger partial charge >= 0.3 is 6.18 Å². The number of thioether (sulfide) groups is 1. The summed E-state index contributed by atoms with van der Waals surface area (Å²) < 4.78 is 95.9. The summed E-state index contributed by atoms with van der Waals surface area (Å²) in [5.74, 6) is -2.80. The molecule has 12 nitrogen and oxygen atoms in total. The van der Waals surface area contributed by atoms with E-state index in [1.807, 2.05) is 19.1 Å². The molecular formula is C46H55F4N5O7S2. The summed E-state index contributed by atoms with van der Waals surface area (Å²) in [5.41, 5.74) is -0.796. The zero-order valence-electron chi connectivity index (χ0n) is 37.1. The maximum atomic E-state index is 15.0. The largest absolute Gasteiger partial charge is 0.496 e. The van der Waals surface area contributed by atoms with Crippen LogP contribution in [-0.2, 0) is 30.6 Å². The molecule has 0 radical (unpaired) electrons. The number of sulfonamides is 1. The van der Waals surface area contributed by atoms with Crippen LogP contribution >= 0.6 is 11.8 Å². The Balaban J connectivity index is 1.25. The lowest BCUT2D eigenvalue weighted by Crippen LogP contribution is -2.59. The number of nitrogens with zero attached hydrogens (tertiary/aromatic N) is 2. The van der Waals surface area contributed by atoms with Crippen molar-refractivity contribution in [2.45, 2.75) is 120 Å². The molecule has 2 saturated carbocycles. The highest BCUT2D eigenvalue weighted by molar-refractivity contribution is 8.02. The molecule has 7 rings (SSSR count). The summed E-state index contributed by atoms with van der Waals surface area (Å²) in [5, 5.41) is 8.40. The predicted molar refractivity (Wildman–Crippen MR) is 238 cm³/mol. The van der Waals surface area contributed by atoms with Crippen LogP contribution in [-0.4, -0.2) is 78.2 Å². The Morgan fingerprint density at radius 3 is 2.36 bits per heavy atom. The van der Waals surface area contributed by atoms with Crippen LogP contribution in [0.25, 0.3) is 10.9 Å². The van der Waals surface area contributed by atoms with Crippen LogP contribution in [0.2, 0.25) is 0 Å². The second-order valence-corrected chi connectivity index (χ2v) is 22.3. The standard InChI is InChI=1S/C46H55F4N5O7S2/c1-10-27-21-45(27,42(58)54-64(59,60)44(8)13-14-44)53-40(56)34-19-31(22-55(34)41(57)39(43(5,6)7)51-30-17-28(46(48,49)50)16-29(47)18-30)62-36-20-33(37-15-26(23-63-37)24(2)3)52-38-25(4)35(61-9)12-11-32(36)38/h10-12,16-18,20,23-24,27,31,34,37,39,51H,1,13-15,19,21-22H2,2-9H3,(H,53,56)(H,54,58)/t27-,31-,34+,37?,39-,45-/m1/s1. The number of alkyl halides is 3. The van der Waals surface area contributed by atoms with Gasteiger partial charge < -0.3 is 25.0 Å². The number of rotatable bonds is 14. The van der Waals surface area contributed by atoms with Gasteiger partial charge in [0.25, 0.3) is 5.91 Å². The van der Waals surface area contributed by atoms with Gasteiger partial charge in [0.15, 0.2) is 0 Å². The monoisotopic (exact) mass is 929 g/mol. The number of methoxy groups -OCH3 is 1. The number of nitrogens with one attached hydrogen (secondary N) is 3. The Morgan fingerprint density at radius 2 is 1.78 bits per heavy atom. The number of ether oxygens (including phenoxy) is 2. The molecule has 1 saturated heterocycles. The number of benzene rings is 2. The molecule has 64 heavy (non-hydrogen) atoms. The van der Waals surface area contributed by atoms with Crippen molar-refractivity contribution >= 4 is 56.1 Å². The van der Waals surface area contributed by atoms with E-state index < -0.39 is 85.1 Å². The SMILES string of the molecule is C=C[C@@H]1C[C@]1(NC(=O)[C@@H]1C[C@@H](Oc2cc(C3CC(C(C)C)=CS3)nc3c(C)c(OC)ccc23)CN1C(=O)[C@@H](Nc1cc(F)cc(C(F)(F)F)c1)C(C)(C)C)C(=O)NS(=O)(=O)C1(C)CC1. The molecule has 3 N–H and O–H groups in total. The number of carbonyl (C=O) groups is 3. The molecule has 3 heterocycles. The first-order valence-electron chi connectivity index (χ1n) is 21.3. The highest BCUT2D eigenvalue weighted by Crippen LogP contribution is 2.49. The third kappa shape index (κ3) is 9.18. The number of hydrogen-bond donors (Lipinski definition) is 3. The smallest absolute Gasteiger partial charge is 0.416 e. The molecule has 3 aromatic rings. The van der Waals surface area contributed by atoms with Gasteiger partial charge in [-0.3, -0.25) is 24.1 Å². The van der Waals surface area contributed by atoms with Gasteiger partial charge in [0.05, 0.1) is 40.4 Å². The average molecular weight is 930 g/mol. The number of allylic oxidation sites excluding steroid dienone is 1. The van der Waals surface area contributed by atoms with E-state index >= 15 is 0 Å². The Hall–Kier alpha value is -4.84. The summed E-state index contributed by atoms with van der Waals surface area (Å²) in [4.78, 5) is 49.8. The molecular weight excluding hydrogens is 875 g/mol. The van der Waals surface area contributed by atoms with Crippen molar-refractivity contribution in [1.29, 1.82) is 0 Å². The lowest BCUT2D eigenvalue weighted by atomic mass is 9.85. The average Bonchev–Trinajstić information content (AvgIpc) is 3.99. The van der Waals surface area contributed by atoms with Crippen molar-refractivity contribution in [1.82, 2.24) is 19.9 Å². The van der Waals surface area contributed by atoms with Crippen LogP contribution in [0.3, 0.4) is 0 Å². The molecule has 1 aromatic heterocycles. The van der Waals surface area contributed by atoms with Crippen LogP contribution in [0.1, 0.15) is 95.7 Å². The Kier molecular flexibility index (Phi) is 12.4. The van der Waals surface area contributed by atoms with Gasteiger partial charge in [-0.15, -0.1) is 18.3 Å². The summed E-state index contributed by atoms with van der Waals surface area (Å²) >= 11 is 1.66. The number of anilines is 1. The summed E-state index contributed by atoms with van der Waals surface area (Å²) in [7, 11) is -2.52. The highest BCUT2D eigenvalue weighted by Gasteiger charge is 2.63. The molecule has 2 aliphatic heterocycles. The topological polar surface area (TPSA) is 156 Å². The fraction of sp³-hybridized carbons (Fsp3) is 0.522. The van der Waals surface area contributed by atoms with Gasteiger partial charge in [-0.2, -0.15) is 13.2 Å². The molecule has 0 bridgehead atoms. The summed E-state index contributed by atoms with van der Waals surface area (Å²) in [6.07, 6.45) is -2.80. The molecule has 1 unspecified atom stereocenters. The van der Waals surface area contributed by atoms with Gasteiger partial charge in [0.2, 0.25) is 21.8 Å². The van der Waals surface area contributed by atoms with Crippen LogP contribution in [0.15, 0.2) is 60.0 Å². The van der Waals surface area contributed by atoms with E-state index in [0.29, 0.717) is 53.3 Å². The van der Waals surface area contributed by atoms with Crippen LogP contribution in [0.5, 0.6) is 11.5 Å². The van der Waals surface area contributed by atoms with Gasteiger partial charge in [0.1, 0.15) is 41.0 Å². The fourth-order valence-electron chi connectivity index (χ4n) is 8.40. The predicted octanol–water partition coefficient (Wildman–Crippen LogP) is 8.36. The minimum Gasteiger partial charge on any atom is -0.496 e. The Morgan fingerprint density at radius 1 is 1.08 bits per heavy atom. The van der Waals surface area contributed by atoms with E-state index in [9.17, 15) is 40.4 Å². The van der Waals surface area contributed by atoms with Crippen molar-refractivity contribution in [2.75, 3.05) is 19.0 Å². The number of halogens is 4. The number of amides is 3. The van der Waals surface area contributed by atoms with Crippen molar-refractivity contribution in [3.8, 4) is 11.5 Å². The van der Waals surface area contributed by atoms with E-state index in [4.69, 9.17) is 14.5 Å². The summed E-state index contributed by atoms with van der Waals surface area (Å²) in [6, 6.07) is 4.79. The zero-order chi connectivity index (χ0) is 46.9. The molecule has 6 atom stereocenters. The molecule has 4 aliphatic rings. The number of fused-ring (bicyclic) bond motifs is 1. The third-order valence-corrected chi connectivity index (χ3v) is 16.3. The number of hydrogen-bond acceptors (Lipinski definition) is 10. The fourth-order valence-corrected chi connectivity index (χ4v) is 11.0. The minimum absolute atomic E-state index is 0.0146. The second kappa shape index (κ2) is 16.9. The number of carbonyl (C=O) groups excluding carboxylic acids is 3. The maximum absolute atomic E-state index is 15.0. The number of pyridine rings is 1. The Bertz CT molecular complexity index is 2540. The van der Waals surface area contributed by atoms with Crippen molar-refractivity contribution in [3.63, 3.8) is 0 Å². The molecule has 2 aliphatic carbocycles. The van der Waals surface area contributed by atoms with Gasteiger partial charge in [0, 0.05) is 35.0 Å². The summed E-state index contributed by atoms with van der Waals surface area (Å²) in [6.45, 7) is 16.3.